The molecule has 0 radical (unpaired) electrons. The molecule has 158 valence electrons. The Morgan fingerprint density at radius 3 is 2.55 bits per heavy atom. The van der Waals surface area contributed by atoms with Gasteiger partial charge < -0.3 is 9.47 Å². The average Bonchev–Trinajstić information content (AvgIpc) is 2.66. The number of nitrogens with one attached hydrogen (secondary N) is 1. The van der Waals surface area contributed by atoms with Crippen LogP contribution < -0.4 is 14.2 Å². The Hall–Kier alpha value is -2.14. The van der Waals surface area contributed by atoms with E-state index in [4.69, 9.17) is 32.7 Å². The van der Waals surface area contributed by atoms with Crippen molar-refractivity contribution in [1.82, 2.24) is 14.2 Å². The maximum Gasteiger partial charge on any atom is 0.335 e. The van der Waals surface area contributed by atoms with Gasteiger partial charge in [0.25, 0.3) is 11.6 Å². The number of carbonyl (C=O) groups is 1. The number of carbonyl (C=O) groups excluding carboxylic acids is 1. The summed E-state index contributed by atoms with van der Waals surface area (Å²) in [5.41, 5.74) is -2.11. The molecule has 1 unspecified atom stereocenters. The van der Waals surface area contributed by atoms with Gasteiger partial charge in [0.15, 0.2) is 0 Å². The highest BCUT2D eigenvalue weighted by atomic mass is 35.5. The normalized spacial score (nSPS) is 12.7. The number of amides is 1. The SMILES string of the molecule is CC(C)COc1ncc(OC(Cl)N(F)S(=O)(=O)NC(=O)c2ccccc2)cc1Cl. The van der Waals surface area contributed by atoms with Gasteiger partial charge >= 0.3 is 10.2 Å². The van der Waals surface area contributed by atoms with Crippen molar-refractivity contribution in [2.75, 3.05) is 6.61 Å². The molecular weight excluding hydrogens is 448 g/mol. The van der Waals surface area contributed by atoms with Gasteiger partial charge in [-0.2, -0.15) is 8.42 Å². The Morgan fingerprint density at radius 2 is 1.97 bits per heavy atom. The summed E-state index contributed by atoms with van der Waals surface area (Å²) in [7, 11) is -4.93. The van der Waals surface area contributed by atoms with Gasteiger partial charge in [0.05, 0.1) is 12.8 Å². The van der Waals surface area contributed by atoms with Crippen LogP contribution >= 0.6 is 23.2 Å². The monoisotopic (exact) mass is 465 g/mol. The third-order valence-electron chi connectivity index (χ3n) is 3.22. The zero-order valence-electron chi connectivity index (χ0n) is 15.4. The number of alkyl halides is 1. The van der Waals surface area contributed by atoms with Gasteiger partial charge in [-0.1, -0.05) is 55.2 Å². The predicted molar refractivity (Wildman–Crippen MR) is 106 cm³/mol. The molecule has 8 nitrogen and oxygen atoms in total. The second-order valence-electron chi connectivity index (χ2n) is 6.12. The molecular formula is C17H18Cl2FN3O5S. The summed E-state index contributed by atoms with van der Waals surface area (Å²) < 4.78 is 49.3. The van der Waals surface area contributed by atoms with Gasteiger partial charge in [-0.05, 0) is 18.1 Å². The van der Waals surface area contributed by atoms with Crippen molar-refractivity contribution in [2.24, 2.45) is 5.92 Å². The Bertz CT molecular complexity index is 947. The highest BCUT2D eigenvalue weighted by Gasteiger charge is 2.33. The molecule has 0 saturated carbocycles. The predicted octanol–water partition coefficient (Wildman–Crippen LogP) is 3.53. The highest BCUT2D eigenvalue weighted by Crippen LogP contribution is 2.28. The van der Waals surface area contributed by atoms with E-state index in [1.807, 2.05) is 13.8 Å². The quantitative estimate of drug-likeness (QED) is 0.263. The molecule has 2 aromatic rings. The average molecular weight is 466 g/mol. The summed E-state index contributed by atoms with van der Waals surface area (Å²) in [5.74, 6) is -0.765. The summed E-state index contributed by atoms with van der Waals surface area (Å²) >= 11 is 11.7. The molecule has 0 aliphatic carbocycles. The van der Waals surface area contributed by atoms with Crippen molar-refractivity contribution in [3.8, 4) is 11.6 Å². The molecule has 1 N–H and O–H groups in total. The van der Waals surface area contributed by atoms with Gasteiger partial charge in [-0.3, -0.25) is 4.79 Å². The Morgan fingerprint density at radius 1 is 1.31 bits per heavy atom. The van der Waals surface area contributed by atoms with Crippen molar-refractivity contribution < 1.29 is 27.2 Å². The van der Waals surface area contributed by atoms with E-state index < -0.39 is 26.3 Å². The maximum absolute atomic E-state index is 14.2. The number of pyridine rings is 1. The first-order valence-corrected chi connectivity index (χ1v) is 10.5. The van der Waals surface area contributed by atoms with Crippen LogP contribution in [-0.4, -0.2) is 36.1 Å². The van der Waals surface area contributed by atoms with Crippen molar-refractivity contribution in [2.45, 2.75) is 19.5 Å². The molecule has 2 rings (SSSR count). The molecule has 0 fully saturated rings. The molecule has 1 amide bonds. The smallest absolute Gasteiger partial charge is 0.335 e. The lowest BCUT2D eigenvalue weighted by Crippen LogP contribution is -2.44. The fraction of sp³-hybridized carbons (Fsp3) is 0.294. The third-order valence-corrected chi connectivity index (χ3v) is 4.96. The molecule has 0 spiro atoms. The van der Waals surface area contributed by atoms with E-state index in [0.29, 0.717) is 6.61 Å². The first-order valence-electron chi connectivity index (χ1n) is 8.26. The molecule has 1 aromatic carbocycles. The highest BCUT2D eigenvalue weighted by molar-refractivity contribution is 7.87. The van der Waals surface area contributed by atoms with E-state index in [1.54, 1.807) is 10.8 Å². The summed E-state index contributed by atoms with van der Waals surface area (Å²) in [5, 5.41) is 0.0673. The minimum Gasteiger partial charge on any atom is -0.476 e. The molecule has 0 saturated heterocycles. The van der Waals surface area contributed by atoms with Crippen LogP contribution in [0.15, 0.2) is 42.6 Å². The van der Waals surface area contributed by atoms with Crippen LogP contribution in [-0.2, 0) is 10.2 Å². The van der Waals surface area contributed by atoms with E-state index in [-0.39, 0.29) is 28.1 Å². The van der Waals surface area contributed by atoms with Crippen molar-refractivity contribution in [3.63, 3.8) is 0 Å². The minimum atomic E-state index is -4.93. The number of ether oxygens (including phenoxy) is 2. The lowest BCUT2D eigenvalue weighted by molar-refractivity contribution is 0.0191. The van der Waals surface area contributed by atoms with Crippen LogP contribution in [0.3, 0.4) is 0 Å². The number of rotatable bonds is 9. The van der Waals surface area contributed by atoms with E-state index in [0.717, 1.165) is 6.20 Å². The molecule has 1 aromatic heterocycles. The van der Waals surface area contributed by atoms with Crippen LogP contribution in [0.4, 0.5) is 4.48 Å². The minimum absolute atomic E-state index is 0.0180. The van der Waals surface area contributed by atoms with Crippen molar-refractivity contribution in [3.05, 3.63) is 53.2 Å². The van der Waals surface area contributed by atoms with Gasteiger partial charge in [0.1, 0.15) is 10.8 Å². The number of hydrogen-bond donors (Lipinski definition) is 1. The van der Waals surface area contributed by atoms with Crippen LogP contribution in [0.2, 0.25) is 5.02 Å². The fourth-order valence-electron chi connectivity index (χ4n) is 1.90. The largest absolute Gasteiger partial charge is 0.476 e. The second-order valence-corrected chi connectivity index (χ2v) is 8.40. The van der Waals surface area contributed by atoms with Crippen molar-refractivity contribution in [1.29, 1.82) is 0 Å². The van der Waals surface area contributed by atoms with Crippen molar-refractivity contribution >= 4 is 39.3 Å². The van der Waals surface area contributed by atoms with E-state index >= 15 is 0 Å². The topological polar surface area (TPSA) is 97.8 Å². The number of hydrogen-bond acceptors (Lipinski definition) is 6. The lowest BCUT2D eigenvalue weighted by Gasteiger charge is -2.19. The Kier molecular flexibility index (Phi) is 8.03. The second kappa shape index (κ2) is 10.1. The van der Waals surface area contributed by atoms with Crippen LogP contribution in [0, 0.1) is 5.92 Å². The van der Waals surface area contributed by atoms with Gasteiger partial charge in [0.2, 0.25) is 5.88 Å². The summed E-state index contributed by atoms with van der Waals surface area (Å²) in [6.07, 6.45) is 1.14. The first kappa shape index (κ1) is 23.1. The lowest BCUT2D eigenvalue weighted by atomic mass is 10.2. The fourth-order valence-corrected chi connectivity index (χ4v) is 3.23. The molecule has 0 aliphatic rings. The standard InChI is InChI=1S/C17H18Cl2FN3O5S/c1-11(2)10-27-16-14(18)8-13(9-21-16)28-17(19)23(20)29(25,26)22-15(24)12-6-4-3-5-7-12/h3-9,11,17H,10H2,1-2H3,(H,22,24). The van der Waals surface area contributed by atoms with Gasteiger partial charge in [-0.25, -0.2) is 9.71 Å². The zero-order valence-corrected chi connectivity index (χ0v) is 17.7. The number of halogens is 3. The summed E-state index contributed by atoms with van der Waals surface area (Å²) in [4.78, 5) is 15.8. The number of nitrogens with zero attached hydrogens (tertiary/aromatic N) is 2. The molecule has 0 bridgehead atoms. The first-order chi connectivity index (χ1) is 13.6. The number of benzene rings is 1. The van der Waals surface area contributed by atoms with Crippen LogP contribution in [0.25, 0.3) is 0 Å². The Labute approximate surface area is 177 Å². The third kappa shape index (κ3) is 6.70. The van der Waals surface area contributed by atoms with E-state index in [2.05, 4.69) is 4.98 Å². The maximum atomic E-state index is 14.2. The zero-order chi connectivity index (χ0) is 21.6. The van der Waals surface area contributed by atoms with Gasteiger partial charge in [-0.15, -0.1) is 4.48 Å². The summed E-state index contributed by atoms with van der Waals surface area (Å²) in [6, 6.07) is 8.63. The van der Waals surface area contributed by atoms with Crippen LogP contribution in [0.5, 0.6) is 11.6 Å². The van der Waals surface area contributed by atoms with Gasteiger partial charge in [0, 0.05) is 16.2 Å². The van der Waals surface area contributed by atoms with Crippen LogP contribution in [0.1, 0.15) is 24.2 Å². The van der Waals surface area contributed by atoms with E-state index in [1.165, 1.54) is 30.3 Å². The molecule has 1 heterocycles. The Balaban J connectivity index is 2.02. The number of aromatic nitrogens is 1. The molecule has 12 heteroatoms. The van der Waals surface area contributed by atoms with E-state index in [9.17, 15) is 17.7 Å². The molecule has 29 heavy (non-hydrogen) atoms. The summed E-state index contributed by atoms with van der Waals surface area (Å²) in [6.45, 7) is 4.26. The molecule has 0 aliphatic heterocycles. The molecule has 1 atom stereocenters.